The topological polar surface area (TPSA) is 23.5 Å². The summed E-state index contributed by atoms with van der Waals surface area (Å²) < 4.78 is 0. The summed E-state index contributed by atoms with van der Waals surface area (Å²) in [6, 6.07) is 12.4. The monoisotopic (exact) mass is 289 g/mol. The van der Waals surface area contributed by atoms with Crippen molar-refractivity contribution >= 4 is 11.3 Å². The number of hydrogen-bond donors (Lipinski definition) is 1. The Labute approximate surface area is 125 Å². The molecule has 0 bridgehead atoms. The van der Waals surface area contributed by atoms with Gasteiger partial charge in [-0.3, -0.25) is 0 Å². The van der Waals surface area contributed by atoms with Crippen molar-refractivity contribution in [3.8, 4) is 0 Å². The maximum Gasteiger partial charge on any atom is 0.0804 e. The highest BCUT2D eigenvalue weighted by molar-refractivity contribution is 7.09. The molecule has 1 heterocycles. The molecule has 0 radical (unpaired) electrons. The van der Waals surface area contributed by atoms with E-state index in [9.17, 15) is 5.11 Å². The molecule has 1 unspecified atom stereocenters. The summed E-state index contributed by atoms with van der Waals surface area (Å²) >= 11 is 1.81. The van der Waals surface area contributed by atoms with E-state index < -0.39 is 0 Å². The van der Waals surface area contributed by atoms with Crippen LogP contribution in [0, 0.1) is 6.92 Å². The van der Waals surface area contributed by atoms with E-state index in [1.54, 1.807) is 0 Å². The lowest BCUT2D eigenvalue weighted by molar-refractivity contribution is 0.149. The number of nitrogens with zero attached hydrogens (tertiary/aromatic N) is 1. The largest absolute Gasteiger partial charge is 0.388 e. The first-order valence-electron chi connectivity index (χ1n) is 7.11. The average Bonchev–Trinajstić information content (AvgIpc) is 2.96. The third kappa shape index (κ3) is 4.44. The van der Waals surface area contributed by atoms with E-state index in [1.165, 1.54) is 10.4 Å². The second kappa shape index (κ2) is 7.58. The van der Waals surface area contributed by atoms with E-state index in [0.717, 1.165) is 31.5 Å². The highest BCUT2D eigenvalue weighted by atomic mass is 32.1. The molecule has 0 spiro atoms. The van der Waals surface area contributed by atoms with Crippen LogP contribution in [0.1, 0.15) is 28.5 Å². The quantitative estimate of drug-likeness (QED) is 0.841. The summed E-state index contributed by atoms with van der Waals surface area (Å²) in [4.78, 5) is 3.72. The SMILES string of the molecule is Cc1ccccc1C(O)CCN(C)CCc1cccs1. The zero-order valence-corrected chi connectivity index (χ0v) is 13.1. The van der Waals surface area contributed by atoms with Gasteiger partial charge in [0.25, 0.3) is 0 Å². The van der Waals surface area contributed by atoms with E-state index in [1.807, 2.05) is 29.5 Å². The summed E-state index contributed by atoms with van der Waals surface area (Å²) in [5.74, 6) is 0. The lowest BCUT2D eigenvalue weighted by Gasteiger charge is -2.19. The molecular weight excluding hydrogens is 266 g/mol. The van der Waals surface area contributed by atoms with Crippen molar-refractivity contribution in [2.24, 2.45) is 0 Å². The number of likely N-dealkylation sites (N-methyl/N-ethyl adjacent to an activating group) is 1. The van der Waals surface area contributed by atoms with Crippen molar-refractivity contribution < 1.29 is 5.11 Å². The van der Waals surface area contributed by atoms with Crippen LogP contribution in [0.15, 0.2) is 41.8 Å². The van der Waals surface area contributed by atoms with E-state index >= 15 is 0 Å². The highest BCUT2D eigenvalue weighted by Crippen LogP contribution is 2.20. The number of hydrogen-bond acceptors (Lipinski definition) is 3. The molecule has 0 fully saturated rings. The zero-order valence-electron chi connectivity index (χ0n) is 12.2. The Morgan fingerprint density at radius 1 is 1.15 bits per heavy atom. The summed E-state index contributed by atoms with van der Waals surface area (Å²) in [5.41, 5.74) is 2.22. The highest BCUT2D eigenvalue weighted by Gasteiger charge is 2.11. The van der Waals surface area contributed by atoms with Crippen molar-refractivity contribution in [1.29, 1.82) is 0 Å². The summed E-state index contributed by atoms with van der Waals surface area (Å²) in [7, 11) is 2.12. The normalized spacial score (nSPS) is 12.8. The van der Waals surface area contributed by atoms with Crippen molar-refractivity contribution in [3.05, 3.63) is 57.8 Å². The molecule has 2 nitrogen and oxygen atoms in total. The van der Waals surface area contributed by atoms with Gasteiger partial charge in [0.2, 0.25) is 0 Å². The number of thiophene rings is 1. The lowest BCUT2D eigenvalue weighted by atomic mass is 10.0. The minimum absolute atomic E-state index is 0.361. The van der Waals surface area contributed by atoms with E-state index in [-0.39, 0.29) is 6.10 Å². The molecule has 108 valence electrons. The van der Waals surface area contributed by atoms with E-state index in [2.05, 4.69) is 42.5 Å². The third-order valence-corrected chi connectivity index (χ3v) is 4.59. The molecule has 0 aliphatic carbocycles. The van der Waals surface area contributed by atoms with Gasteiger partial charge in [0.15, 0.2) is 0 Å². The molecule has 20 heavy (non-hydrogen) atoms. The summed E-state index contributed by atoms with van der Waals surface area (Å²) in [6.07, 6.45) is 1.51. The van der Waals surface area contributed by atoms with Gasteiger partial charge < -0.3 is 10.0 Å². The number of rotatable bonds is 7. The fourth-order valence-corrected chi connectivity index (χ4v) is 3.02. The molecule has 1 atom stereocenters. The van der Waals surface area contributed by atoms with Crippen LogP contribution in [-0.4, -0.2) is 30.1 Å². The van der Waals surface area contributed by atoms with Crippen LogP contribution in [0.4, 0.5) is 0 Å². The van der Waals surface area contributed by atoms with Gasteiger partial charge in [-0.05, 0) is 49.4 Å². The molecule has 2 aromatic rings. The lowest BCUT2D eigenvalue weighted by Crippen LogP contribution is -2.23. The third-order valence-electron chi connectivity index (χ3n) is 3.65. The standard InChI is InChI=1S/C17H23NOS/c1-14-6-3-4-8-16(14)17(19)10-12-18(2)11-9-15-7-5-13-20-15/h3-8,13,17,19H,9-12H2,1-2H3. The zero-order chi connectivity index (χ0) is 14.4. The van der Waals surface area contributed by atoms with Crippen LogP contribution < -0.4 is 0 Å². The van der Waals surface area contributed by atoms with Crippen LogP contribution in [0.3, 0.4) is 0 Å². The molecule has 0 aliphatic rings. The van der Waals surface area contributed by atoms with E-state index in [4.69, 9.17) is 0 Å². The van der Waals surface area contributed by atoms with E-state index in [0.29, 0.717) is 0 Å². The second-order valence-corrected chi connectivity index (χ2v) is 6.33. The van der Waals surface area contributed by atoms with Crippen molar-refractivity contribution in [3.63, 3.8) is 0 Å². The maximum atomic E-state index is 10.3. The van der Waals surface area contributed by atoms with Crippen LogP contribution in [-0.2, 0) is 6.42 Å². The van der Waals surface area contributed by atoms with Gasteiger partial charge in [-0.1, -0.05) is 30.3 Å². The van der Waals surface area contributed by atoms with Crippen LogP contribution in [0.5, 0.6) is 0 Å². The number of aryl methyl sites for hydroxylation is 1. The van der Waals surface area contributed by atoms with Crippen LogP contribution >= 0.6 is 11.3 Å². The van der Waals surface area contributed by atoms with Gasteiger partial charge in [0.1, 0.15) is 0 Å². The molecular formula is C17H23NOS. The molecule has 0 amide bonds. The van der Waals surface area contributed by atoms with Gasteiger partial charge in [-0.25, -0.2) is 0 Å². The van der Waals surface area contributed by atoms with Gasteiger partial charge in [-0.2, -0.15) is 0 Å². The number of aliphatic hydroxyl groups excluding tert-OH is 1. The predicted molar refractivity (Wildman–Crippen MR) is 86.3 cm³/mol. The molecule has 1 aromatic heterocycles. The van der Waals surface area contributed by atoms with Crippen molar-refractivity contribution in [2.75, 3.05) is 20.1 Å². The molecule has 1 aromatic carbocycles. The first kappa shape index (κ1) is 15.2. The minimum Gasteiger partial charge on any atom is -0.388 e. The van der Waals surface area contributed by atoms with Crippen molar-refractivity contribution in [1.82, 2.24) is 4.90 Å². The fraction of sp³-hybridized carbons (Fsp3) is 0.412. The van der Waals surface area contributed by atoms with Gasteiger partial charge in [0.05, 0.1) is 6.10 Å². The molecule has 0 saturated carbocycles. The Kier molecular flexibility index (Phi) is 5.77. The predicted octanol–water partition coefficient (Wildman–Crippen LogP) is 3.65. The number of benzene rings is 1. The van der Waals surface area contributed by atoms with Gasteiger partial charge >= 0.3 is 0 Å². The van der Waals surface area contributed by atoms with Gasteiger partial charge in [0, 0.05) is 18.0 Å². The van der Waals surface area contributed by atoms with Crippen LogP contribution in [0.2, 0.25) is 0 Å². The minimum atomic E-state index is -0.361. The summed E-state index contributed by atoms with van der Waals surface area (Å²) in [6.45, 7) is 4.01. The smallest absolute Gasteiger partial charge is 0.0804 e. The number of aliphatic hydroxyl groups is 1. The van der Waals surface area contributed by atoms with Crippen LogP contribution in [0.25, 0.3) is 0 Å². The Balaban J connectivity index is 1.75. The molecule has 0 aliphatic heterocycles. The van der Waals surface area contributed by atoms with Crippen molar-refractivity contribution in [2.45, 2.75) is 25.9 Å². The Bertz CT molecular complexity index is 509. The molecule has 1 N–H and O–H groups in total. The Hall–Kier alpha value is -1.16. The molecule has 0 saturated heterocycles. The maximum absolute atomic E-state index is 10.3. The van der Waals surface area contributed by atoms with Gasteiger partial charge in [-0.15, -0.1) is 11.3 Å². The Morgan fingerprint density at radius 2 is 1.95 bits per heavy atom. The molecule has 3 heteroatoms. The average molecular weight is 289 g/mol. The first-order valence-corrected chi connectivity index (χ1v) is 7.99. The Morgan fingerprint density at radius 3 is 2.65 bits per heavy atom. The fourth-order valence-electron chi connectivity index (χ4n) is 2.33. The first-order chi connectivity index (χ1) is 9.66. The molecule has 2 rings (SSSR count). The second-order valence-electron chi connectivity index (χ2n) is 5.29. The summed E-state index contributed by atoms with van der Waals surface area (Å²) in [5, 5.41) is 12.4.